The lowest BCUT2D eigenvalue weighted by molar-refractivity contribution is 0.415. The minimum absolute atomic E-state index is 0.536. The Kier molecular flexibility index (Phi) is 3.00. The van der Waals surface area contributed by atoms with Crippen LogP contribution in [-0.2, 0) is 12.8 Å². The molecule has 96 valence electrons. The van der Waals surface area contributed by atoms with Gasteiger partial charge in [-0.25, -0.2) is 0 Å². The van der Waals surface area contributed by atoms with E-state index >= 15 is 0 Å². The van der Waals surface area contributed by atoms with Gasteiger partial charge in [-0.05, 0) is 37.6 Å². The van der Waals surface area contributed by atoms with E-state index in [9.17, 15) is 0 Å². The second-order valence-electron chi connectivity index (χ2n) is 4.88. The highest BCUT2D eigenvalue weighted by Crippen LogP contribution is 2.31. The first-order valence-electron chi connectivity index (χ1n) is 6.63. The summed E-state index contributed by atoms with van der Waals surface area (Å²) in [5.41, 5.74) is 2.34. The number of hydrogen-bond donors (Lipinski definition) is 1. The molecule has 0 aliphatic carbocycles. The predicted molar refractivity (Wildman–Crippen MR) is 72.3 cm³/mol. The molecule has 3 rings (SSSR count). The third kappa shape index (κ3) is 1.89. The van der Waals surface area contributed by atoms with E-state index in [0.29, 0.717) is 6.04 Å². The molecule has 1 aromatic heterocycles. The smallest absolute Gasteiger partial charge is 0.134 e. The number of fused-ring (bicyclic) bond motifs is 3. The Morgan fingerprint density at radius 1 is 1.44 bits per heavy atom. The number of methoxy groups -OCH3 is 1. The third-order valence-corrected chi connectivity index (χ3v) is 3.81. The monoisotopic (exact) mass is 245 g/mol. The average Bonchev–Trinajstić information content (AvgIpc) is 2.61. The standard InChI is InChI=1S/C15H19NO2/c1-3-10-8-15-12(6-7-16-10)13-9-11(17-2)4-5-14(13)18-15/h4-5,9-10,16H,3,6-8H2,1-2H3. The Labute approximate surface area is 107 Å². The van der Waals surface area contributed by atoms with Gasteiger partial charge in [0.05, 0.1) is 7.11 Å². The van der Waals surface area contributed by atoms with Crippen LogP contribution in [0.25, 0.3) is 11.0 Å². The van der Waals surface area contributed by atoms with Crippen LogP contribution < -0.4 is 10.1 Å². The number of nitrogens with one attached hydrogen (secondary N) is 1. The van der Waals surface area contributed by atoms with Crippen molar-refractivity contribution in [3.63, 3.8) is 0 Å². The minimum atomic E-state index is 0.536. The summed E-state index contributed by atoms with van der Waals surface area (Å²) in [7, 11) is 1.70. The summed E-state index contributed by atoms with van der Waals surface area (Å²) in [6, 6.07) is 6.59. The van der Waals surface area contributed by atoms with Gasteiger partial charge in [-0.15, -0.1) is 0 Å². The molecule has 2 aromatic rings. The van der Waals surface area contributed by atoms with E-state index in [1.807, 2.05) is 12.1 Å². The summed E-state index contributed by atoms with van der Waals surface area (Å²) in [5.74, 6) is 2.05. The Bertz CT molecular complexity index is 559. The highest BCUT2D eigenvalue weighted by molar-refractivity contribution is 5.84. The first kappa shape index (κ1) is 11.6. The highest BCUT2D eigenvalue weighted by atomic mass is 16.5. The number of ether oxygens (including phenoxy) is 1. The Morgan fingerprint density at radius 3 is 3.11 bits per heavy atom. The van der Waals surface area contributed by atoms with E-state index < -0.39 is 0 Å². The molecule has 0 fully saturated rings. The van der Waals surface area contributed by atoms with Gasteiger partial charge in [0.15, 0.2) is 0 Å². The molecule has 1 unspecified atom stereocenters. The molecule has 1 aromatic carbocycles. The van der Waals surface area contributed by atoms with Crippen molar-refractivity contribution < 1.29 is 9.15 Å². The summed E-state index contributed by atoms with van der Waals surface area (Å²) in [6.45, 7) is 3.24. The van der Waals surface area contributed by atoms with Crippen LogP contribution in [0.1, 0.15) is 24.7 Å². The van der Waals surface area contributed by atoms with Crippen LogP contribution in [0.2, 0.25) is 0 Å². The minimum Gasteiger partial charge on any atom is -0.497 e. The van der Waals surface area contributed by atoms with Gasteiger partial charge in [0.1, 0.15) is 17.1 Å². The van der Waals surface area contributed by atoms with Crippen molar-refractivity contribution in [3.05, 3.63) is 29.5 Å². The van der Waals surface area contributed by atoms with Gasteiger partial charge in [-0.1, -0.05) is 6.92 Å². The molecule has 1 N–H and O–H groups in total. The third-order valence-electron chi connectivity index (χ3n) is 3.81. The van der Waals surface area contributed by atoms with Gasteiger partial charge in [0, 0.05) is 23.4 Å². The van der Waals surface area contributed by atoms with E-state index in [4.69, 9.17) is 9.15 Å². The van der Waals surface area contributed by atoms with Crippen LogP contribution >= 0.6 is 0 Å². The predicted octanol–water partition coefficient (Wildman–Crippen LogP) is 2.91. The maximum Gasteiger partial charge on any atom is 0.134 e. The molecule has 18 heavy (non-hydrogen) atoms. The second kappa shape index (κ2) is 4.65. The highest BCUT2D eigenvalue weighted by Gasteiger charge is 2.21. The van der Waals surface area contributed by atoms with Gasteiger partial charge in [-0.2, -0.15) is 0 Å². The average molecular weight is 245 g/mol. The first-order chi connectivity index (χ1) is 8.81. The lowest BCUT2D eigenvalue weighted by Gasteiger charge is -2.11. The maximum atomic E-state index is 6.01. The Balaban J connectivity index is 2.09. The number of benzene rings is 1. The van der Waals surface area contributed by atoms with Crippen LogP contribution in [-0.4, -0.2) is 19.7 Å². The normalized spacial score (nSPS) is 19.6. The van der Waals surface area contributed by atoms with Crippen LogP contribution in [0.3, 0.4) is 0 Å². The molecule has 3 nitrogen and oxygen atoms in total. The topological polar surface area (TPSA) is 34.4 Å². The number of hydrogen-bond acceptors (Lipinski definition) is 3. The van der Waals surface area contributed by atoms with Crippen molar-refractivity contribution in [2.75, 3.05) is 13.7 Å². The van der Waals surface area contributed by atoms with Gasteiger partial charge in [-0.3, -0.25) is 0 Å². The van der Waals surface area contributed by atoms with E-state index in [0.717, 1.165) is 42.9 Å². The van der Waals surface area contributed by atoms with Gasteiger partial charge >= 0.3 is 0 Å². The Morgan fingerprint density at radius 2 is 2.33 bits per heavy atom. The molecule has 3 heteroatoms. The van der Waals surface area contributed by atoms with Crippen molar-refractivity contribution in [3.8, 4) is 5.75 Å². The van der Waals surface area contributed by atoms with Gasteiger partial charge < -0.3 is 14.5 Å². The summed E-state index contributed by atoms with van der Waals surface area (Å²) < 4.78 is 11.3. The van der Waals surface area contributed by atoms with Crippen LogP contribution in [0, 0.1) is 0 Å². The summed E-state index contributed by atoms with van der Waals surface area (Å²) in [6.07, 6.45) is 3.16. The zero-order valence-electron chi connectivity index (χ0n) is 11.0. The van der Waals surface area contributed by atoms with Crippen molar-refractivity contribution in [1.82, 2.24) is 5.32 Å². The van der Waals surface area contributed by atoms with Gasteiger partial charge in [0.25, 0.3) is 0 Å². The SMILES string of the molecule is CCC1Cc2oc3ccc(OC)cc3c2CCN1. The zero-order valence-corrected chi connectivity index (χ0v) is 11.0. The van der Waals surface area contributed by atoms with Crippen LogP contribution in [0.4, 0.5) is 0 Å². The zero-order chi connectivity index (χ0) is 12.5. The molecular formula is C15H19NO2. The maximum absolute atomic E-state index is 6.01. The molecular weight excluding hydrogens is 226 g/mol. The fourth-order valence-corrected chi connectivity index (χ4v) is 2.73. The molecule has 0 saturated heterocycles. The van der Waals surface area contributed by atoms with Crippen molar-refractivity contribution >= 4 is 11.0 Å². The van der Waals surface area contributed by atoms with E-state index in [2.05, 4.69) is 18.3 Å². The summed E-state index contributed by atoms with van der Waals surface area (Å²) in [4.78, 5) is 0. The number of rotatable bonds is 2. The van der Waals surface area contributed by atoms with Crippen molar-refractivity contribution in [1.29, 1.82) is 0 Å². The molecule has 0 bridgehead atoms. The lowest BCUT2D eigenvalue weighted by atomic mass is 10.0. The summed E-state index contributed by atoms with van der Waals surface area (Å²) in [5, 5.41) is 4.78. The van der Waals surface area contributed by atoms with Crippen molar-refractivity contribution in [2.24, 2.45) is 0 Å². The molecule has 0 amide bonds. The molecule has 1 aliphatic rings. The second-order valence-corrected chi connectivity index (χ2v) is 4.88. The van der Waals surface area contributed by atoms with Crippen LogP contribution in [0.5, 0.6) is 5.75 Å². The van der Waals surface area contributed by atoms with Crippen molar-refractivity contribution in [2.45, 2.75) is 32.2 Å². The number of furan rings is 1. The van der Waals surface area contributed by atoms with E-state index in [-0.39, 0.29) is 0 Å². The lowest BCUT2D eigenvalue weighted by Crippen LogP contribution is -2.29. The van der Waals surface area contributed by atoms with Gasteiger partial charge in [0.2, 0.25) is 0 Å². The molecule has 2 heterocycles. The molecule has 1 atom stereocenters. The largest absolute Gasteiger partial charge is 0.497 e. The Hall–Kier alpha value is -1.48. The molecule has 1 aliphatic heterocycles. The van der Waals surface area contributed by atoms with E-state index in [1.165, 1.54) is 10.9 Å². The fraction of sp³-hybridized carbons (Fsp3) is 0.467. The molecule has 0 radical (unpaired) electrons. The quantitative estimate of drug-likeness (QED) is 0.883. The van der Waals surface area contributed by atoms with Crippen LogP contribution in [0.15, 0.2) is 22.6 Å². The van der Waals surface area contributed by atoms with E-state index in [1.54, 1.807) is 7.11 Å². The molecule has 0 saturated carbocycles. The first-order valence-corrected chi connectivity index (χ1v) is 6.63. The summed E-state index contributed by atoms with van der Waals surface area (Å²) >= 11 is 0. The fourth-order valence-electron chi connectivity index (χ4n) is 2.73. The molecule has 0 spiro atoms.